The van der Waals surface area contributed by atoms with Crippen molar-refractivity contribution in [2.45, 2.75) is 13.8 Å². The highest BCUT2D eigenvalue weighted by atomic mass is 35.5. The summed E-state index contributed by atoms with van der Waals surface area (Å²) in [6, 6.07) is 1.68. The van der Waals surface area contributed by atoms with E-state index < -0.39 is 5.97 Å². The molecule has 17 heavy (non-hydrogen) atoms. The zero-order chi connectivity index (χ0) is 12.8. The number of ether oxygens (including phenoxy) is 1. The van der Waals surface area contributed by atoms with Gasteiger partial charge >= 0.3 is 5.97 Å². The van der Waals surface area contributed by atoms with Gasteiger partial charge in [-0.1, -0.05) is 29.8 Å². The molecule has 0 N–H and O–H groups in total. The van der Waals surface area contributed by atoms with E-state index in [1.807, 2.05) is 32.1 Å². The third-order valence-corrected chi connectivity index (χ3v) is 2.54. The van der Waals surface area contributed by atoms with Crippen LogP contribution in [0.15, 0.2) is 30.5 Å². The van der Waals surface area contributed by atoms with Gasteiger partial charge in [0.1, 0.15) is 5.15 Å². The fraction of sp³-hybridized carbons (Fsp3) is 0.231. The topological polar surface area (TPSA) is 39.2 Å². The molecule has 1 aromatic rings. The van der Waals surface area contributed by atoms with Crippen LogP contribution < -0.4 is 0 Å². The minimum absolute atomic E-state index is 0.152. The lowest BCUT2D eigenvalue weighted by Gasteiger charge is -2.05. The van der Waals surface area contributed by atoms with Crippen molar-refractivity contribution in [3.05, 3.63) is 46.8 Å². The Hall–Kier alpha value is -1.61. The number of carbonyl (C=O) groups excluding carboxylic acids is 1. The van der Waals surface area contributed by atoms with Gasteiger partial charge in [0.2, 0.25) is 0 Å². The Kier molecular flexibility index (Phi) is 4.91. The Bertz CT molecular complexity index is 478. The van der Waals surface area contributed by atoms with Gasteiger partial charge in [-0.2, -0.15) is 0 Å². The summed E-state index contributed by atoms with van der Waals surface area (Å²) in [6.45, 7) is 3.87. The Labute approximate surface area is 106 Å². The molecule has 0 saturated heterocycles. The number of pyridine rings is 1. The number of methoxy groups -OCH3 is 1. The van der Waals surface area contributed by atoms with Gasteiger partial charge < -0.3 is 4.74 Å². The highest BCUT2D eigenvalue weighted by Crippen LogP contribution is 2.20. The molecule has 0 saturated carbocycles. The summed E-state index contributed by atoms with van der Waals surface area (Å²) < 4.78 is 4.64. The monoisotopic (exact) mass is 251 g/mol. The van der Waals surface area contributed by atoms with E-state index in [0.717, 1.165) is 11.1 Å². The molecule has 0 spiro atoms. The second kappa shape index (κ2) is 6.21. The normalized spacial score (nSPS) is 11.9. The number of hydrogen-bond donors (Lipinski definition) is 0. The molecule has 1 aromatic heterocycles. The molecule has 0 bridgehead atoms. The summed E-state index contributed by atoms with van der Waals surface area (Å²) >= 11 is 5.83. The predicted molar refractivity (Wildman–Crippen MR) is 69.1 cm³/mol. The summed E-state index contributed by atoms with van der Waals surface area (Å²) in [5, 5.41) is 0.152. The van der Waals surface area contributed by atoms with Crippen LogP contribution >= 0.6 is 11.6 Å². The van der Waals surface area contributed by atoms with Gasteiger partial charge in [0, 0.05) is 6.20 Å². The molecule has 0 aliphatic carbocycles. The van der Waals surface area contributed by atoms with Gasteiger partial charge in [0.25, 0.3) is 0 Å². The van der Waals surface area contributed by atoms with E-state index in [2.05, 4.69) is 9.72 Å². The van der Waals surface area contributed by atoms with Crippen LogP contribution in [0.3, 0.4) is 0 Å². The van der Waals surface area contributed by atoms with E-state index in [1.165, 1.54) is 7.11 Å². The van der Waals surface area contributed by atoms with Crippen molar-refractivity contribution >= 4 is 23.1 Å². The fourth-order valence-corrected chi connectivity index (χ4v) is 1.43. The second-order valence-corrected chi connectivity index (χ2v) is 3.79. The molecular formula is C13H14ClNO2. The first-order valence-corrected chi connectivity index (χ1v) is 5.51. The van der Waals surface area contributed by atoms with E-state index >= 15 is 0 Å². The van der Waals surface area contributed by atoms with E-state index in [-0.39, 0.29) is 10.7 Å². The molecule has 3 nitrogen and oxygen atoms in total. The van der Waals surface area contributed by atoms with Crippen LogP contribution in [0.2, 0.25) is 5.15 Å². The first-order chi connectivity index (χ1) is 8.10. The Morgan fingerprint density at radius 3 is 2.82 bits per heavy atom. The molecule has 0 aromatic carbocycles. The van der Waals surface area contributed by atoms with Gasteiger partial charge in [-0.3, -0.25) is 0 Å². The van der Waals surface area contributed by atoms with Crippen molar-refractivity contribution in [3.63, 3.8) is 0 Å². The molecule has 0 aliphatic heterocycles. The van der Waals surface area contributed by atoms with Crippen molar-refractivity contribution < 1.29 is 9.53 Å². The summed E-state index contributed by atoms with van der Waals surface area (Å²) in [7, 11) is 1.31. The first kappa shape index (κ1) is 13.5. The molecular weight excluding hydrogens is 238 g/mol. The minimum atomic E-state index is -0.483. The summed E-state index contributed by atoms with van der Waals surface area (Å²) in [5.74, 6) is -0.483. The standard InChI is InChI=1S/C13H14ClNO2/c1-4-5-6-9(2)10-7-11(13(16)17-3)12(14)15-8-10/h4-8H,1-3H3/b5-4-,9-6+. The lowest BCUT2D eigenvalue weighted by molar-refractivity contribution is 0.0600. The zero-order valence-corrected chi connectivity index (χ0v) is 10.8. The summed E-state index contributed by atoms with van der Waals surface area (Å²) in [4.78, 5) is 15.4. The Morgan fingerprint density at radius 1 is 1.53 bits per heavy atom. The number of rotatable bonds is 3. The van der Waals surface area contributed by atoms with Crippen LogP contribution in [-0.2, 0) is 4.74 Å². The van der Waals surface area contributed by atoms with Crippen LogP contribution in [0.4, 0.5) is 0 Å². The molecule has 0 aliphatic rings. The van der Waals surface area contributed by atoms with E-state index in [4.69, 9.17) is 11.6 Å². The van der Waals surface area contributed by atoms with E-state index in [0.29, 0.717) is 0 Å². The quantitative estimate of drug-likeness (QED) is 0.469. The minimum Gasteiger partial charge on any atom is -0.465 e. The first-order valence-electron chi connectivity index (χ1n) is 5.14. The lowest BCUT2D eigenvalue weighted by atomic mass is 10.1. The van der Waals surface area contributed by atoms with Crippen LogP contribution in [0, 0.1) is 0 Å². The third-order valence-electron chi connectivity index (χ3n) is 2.24. The second-order valence-electron chi connectivity index (χ2n) is 3.43. The Balaban J connectivity index is 3.16. The van der Waals surface area contributed by atoms with E-state index in [9.17, 15) is 4.79 Å². The van der Waals surface area contributed by atoms with Crippen LogP contribution in [0.1, 0.15) is 29.8 Å². The number of allylic oxidation sites excluding steroid dienone is 4. The largest absolute Gasteiger partial charge is 0.465 e. The maximum atomic E-state index is 11.4. The van der Waals surface area contributed by atoms with Crippen molar-refractivity contribution in [3.8, 4) is 0 Å². The lowest BCUT2D eigenvalue weighted by Crippen LogP contribution is -2.04. The molecule has 0 unspecified atom stereocenters. The van der Waals surface area contributed by atoms with Crippen molar-refractivity contribution in [1.29, 1.82) is 0 Å². The average molecular weight is 252 g/mol. The van der Waals surface area contributed by atoms with Crippen molar-refractivity contribution in [2.75, 3.05) is 7.11 Å². The maximum Gasteiger partial charge on any atom is 0.341 e. The maximum absolute atomic E-state index is 11.4. The van der Waals surface area contributed by atoms with Crippen LogP contribution in [-0.4, -0.2) is 18.1 Å². The molecule has 1 rings (SSSR count). The van der Waals surface area contributed by atoms with Crippen LogP contribution in [0.25, 0.3) is 5.57 Å². The molecule has 1 heterocycles. The highest BCUT2D eigenvalue weighted by Gasteiger charge is 2.12. The molecule has 0 amide bonds. The predicted octanol–water partition coefficient (Wildman–Crippen LogP) is 3.50. The Morgan fingerprint density at radius 2 is 2.24 bits per heavy atom. The smallest absolute Gasteiger partial charge is 0.341 e. The molecule has 0 radical (unpaired) electrons. The van der Waals surface area contributed by atoms with Gasteiger partial charge in [0.15, 0.2) is 0 Å². The molecule has 0 atom stereocenters. The molecule has 0 fully saturated rings. The van der Waals surface area contributed by atoms with Crippen molar-refractivity contribution in [1.82, 2.24) is 4.98 Å². The van der Waals surface area contributed by atoms with Gasteiger partial charge in [-0.05, 0) is 31.1 Å². The number of nitrogens with zero attached hydrogens (tertiary/aromatic N) is 1. The number of esters is 1. The van der Waals surface area contributed by atoms with Gasteiger partial charge in [-0.15, -0.1) is 0 Å². The van der Waals surface area contributed by atoms with Crippen molar-refractivity contribution in [2.24, 2.45) is 0 Å². The fourth-order valence-electron chi connectivity index (χ4n) is 1.25. The van der Waals surface area contributed by atoms with Crippen LogP contribution in [0.5, 0.6) is 0 Å². The van der Waals surface area contributed by atoms with Gasteiger partial charge in [-0.25, -0.2) is 9.78 Å². The zero-order valence-electron chi connectivity index (χ0n) is 10.0. The summed E-state index contributed by atoms with van der Waals surface area (Å²) in [6.07, 6.45) is 7.41. The molecule has 90 valence electrons. The summed E-state index contributed by atoms with van der Waals surface area (Å²) in [5.41, 5.74) is 2.12. The highest BCUT2D eigenvalue weighted by molar-refractivity contribution is 6.32. The number of carbonyl (C=O) groups is 1. The van der Waals surface area contributed by atoms with E-state index in [1.54, 1.807) is 12.3 Å². The third kappa shape index (κ3) is 3.43. The number of aromatic nitrogens is 1. The van der Waals surface area contributed by atoms with Gasteiger partial charge in [0.05, 0.1) is 12.7 Å². The number of hydrogen-bond acceptors (Lipinski definition) is 3. The molecule has 4 heteroatoms. The SMILES string of the molecule is C/C=C\C=C(/C)c1cnc(Cl)c(C(=O)OC)c1. The number of halogens is 1. The average Bonchev–Trinajstić information content (AvgIpc) is 2.35.